The fraction of sp³-hybridized carbons (Fsp3) is 0.364. The molecule has 4 N–H and O–H groups in total. The second kappa shape index (κ2) is 13.9. The Morgan fingerprint density at radius 1 is 1.06 bits per heavy atom. The van der Waals surface area contributed by atoms with Gasteiger partial charge in [-0.05, 0) is 83.5 Å². The maximum absolute atomic E-state index is 13.6. The van der Waals surface area contributed by atoms with E-state index in [1.54, 1.807) is 45.0 Å². The lowest BCUT2D eigenvalue weighted by Gasteiger charge is -2.25. The topological polar surface area (TPSA) is 182 Å². The van der Waals surface area contributed by atoms with E-state index < -0.39 is 53.3 Å². The van der Waals surface area contributed by atoms with Crippen molar-refractivity contribution in [2.45, 2.75) is 77.9 Å². The fourth-order valence-electron chi connectivity index (χ4n) is 4.53. The number of H-pyrrole nitrogens is 1. The molecule has 0 aliphatic heterocycles. The van der Waals surface area contributed by atoms with Crippen LogP contribution in [0.3, 0.4) is 0 Å². The first-order valence-electron chi connectivity index (χ1n) is 15.0. The zero-order chi connectivity index (χ0) is 36.3. The quantitative estimate of drug-likeness (QED) is 0.213. The third-order valence-electron chi connectivity index (χ3n) is 6.52. The molecular formula is C33H36F3N7O6. The molecule has 2 aromatic heterocycles. The number of benzene rings is 2. The number of fused-ring (bicyclic) bond motifs is 1. The zero-order valence-electron chi connectivity index (χ0n) is 27.6. The van der Waals surface area contributed by atoms with E-state index in [2.05, 4.69) is 25.3 Å². The molecule has 4 rings (SSSR count). The maximum atomic E-state index is 13.6. The van der Waals surface area contributed by atoms with E-state index in [-0.39, 0.29) is 40.5 Å². The highest BCUT2D eigenvalue weighted by molar-refractivity contribution is 5.99. The van der Waals surface area contributed by atoms with Crippen molar-refractivity contribution < 1.29 is 37.0 Å². The van der Waals surface area contributed by atoms with Crippen molar-refractivity contribution in [3.05, 3.63) is 81.9 Å². The molecule has 2 heterocycles. The lowest BCUT2D eigenvalue weighted by Crippen LogP contribution is -2.45. The van der Waals surface area contributed by atoms with Gasteiger partial charge >= 0.3 is 18.1 Å². The summed E-state index contributed by atoms with van der Waals surface area (Å²) >= 11 is 0. The number of nitrogens with one attached hydrogen (secondary N) is 2. The molecule has 49 heavy (non-hydrogen) atoms. The van der Waals surface area contributed by atoms with Gasteiger partial charge in [-0.2, -0.15) is 18.2 Å². The van der Waals surface area contributed by atoms with Crippen LogP contribution in [0, 0.1) is 0 Å². The van der Waals surface area contributed by atoms with Crippen LogP contribution < -0.4 is 26.2 Å². The van der Waals surface area contributed by atoms with Crippen LogP contribution >= 0.6 is 0 Å². The van der Waals surface area contributed by atoms with Crippen LogP contribution in [0.4, 0.5) is 24.8 Å². The van der Waals surface area contributed by atoms with Gasteiger partial charge in [-0.25, -0.2) is 14.8 Å². The molecule has 0 bridgehead atoms. The molecule has 0 saturated carbocycles. The lowest BCUT2D eigenvalue weighted by atomic mass is 10.1. The van der Waals surface area contributed by atoms with Gasteiger partial charge in [0.15, 0.2) is 11.2 Å². The first-order chi connectivity index (χ1) is 22.7. The van der Waals surface area contributed by atoms with Crippen LogP contribution in [-0.2, 0) is 27.3 Å². The van der Waals surface area contributed by atoms with Crippen molar-refractivity contribution in [3.63, 3.8) is 0 Å². The van der Waals surface area contributed by atoms with Gasteiger partial charge in [0.2, 0.25) is 5.95 Å². The molecule has 0 aliphatic carbocycles. The molecule has 0 radical (unpaired) electrons. The van der Waals surface area contributed by atoms with Crippen molar-refractivity contribution in [1.29, 1.82) is 0 Å². The summed E-state index contributed by atoms with van der Waals surface area (Å²) in [5.41, 5.74) is 3.35. The van der Waals surface area contributed by atoms with E-state index in [4.69, 9.17) is 15.2 Å². The summed E-state index contributed by atoms with van der Waals surface area (Å²) in [6, 6.07) is 10.6. The van der Waals surface area contributed by atoms with Crippen molar-refractivity contribution in [1.82, 2.24) is 25.3 Å². The number of aromatic nitrogens is 4. The molecule has 260 valence electrons. The number of halogens is 3. The number of anilines is 2. The van der Waals surface area contributed by atoms with Crippen molar-refractivity contribution >= 4 is 40.6 Å². The number of ether oxygens (including phenoxy) is 2. The second-order valence-corrected chi connectivity index (χ2v) is 13.0. The van der Waals surface area contributed by atoms with Crippen LogP contribution in [0.5, 0.6) is 5.75 Å². The largest absolute Gasteiger partial charge is 0.488 e. The first-order valence-corrected chi connectivity index (χ1v) is 15.0. The summed E-state index contributed by atoms with van der Waals surface area (Å²) in [5.74, 6) is -3.23. The number of hydrogen-bond donors (Lipinski definition) is 3. The Morgan fingerprint density at radius 2 is 1.69 bits per heavy atom. The molecule has 4 aromatic rings. The number of nitrogen functional groups attached to an aromatic ring is 1. The predicted octanol–water partition coefficient (Wildman–Crippen LogP) is 4.25. The molecule has 13 nitrogen and oxygen atoms in total. The number of amides is 2. The Balaban J connectivity index is 1.57. The minimum absolute atomic E-state index is 0.00802. The molecule has 0 unspecified atom stereocenters. The summed E-state index contributed by atoms with van der Waals surface area (Å²) in [4.78, 5) is 65.5. The number of carbonyl (C=O) groups is 3. The van der Waals surface area contributed by atoms with Gasteiger partial charge in [0.05, 0.1) is 18.4 Å². The number of esters is 1. The highest BCUT2D eigenvalue weighted by Gasteiger charge is 2.43. The molecule has 2 amide bonds. The van der Waals surface area contributed by atoms with E-state index in [0.29, 0.717) is 16.2 Å². The zero-order valence-corrected chi connectivity index (χ0v) is 27.6. The monoisotopic (exact) mass is 701 g/mol. The van der Waals surface area contributed by atoms with Gasteiger partial charge in [0.1, 0.15) is 23.0 Å². The highest BCUT2D eigenvalue weighted by Crippen LogP contribution is 2.26. The second-order valence-electron chi connectivity index (χ2n) is 13.0. The minimum Gasteiger partial charge on any atom is -0.488 e. The van der Waals surface area contributed by atoms with Gasteiger partial charge in [0.25, 0.3) is 11.5 Å². The molecule has 0 saturated heterocycles. The number of nitrogens with zero attached hydrogens (tertiary/aromatic N) is 4. The third-order valence-corrected chi connectivity index (χ3v) is 6.52. The number of nitrogens with two attached hydrogens (primary N) is 1. The molecule has 0 spiro atoms. The number of alkyl halides is 3. The Bertz CT molecular complexity index is 1900. The van der Waals surface area contributed by atoms with Crippen LogP contribution in [0.1, 0.15) is 63.2 Å². The molecule has 1 atom stereocenters. The normalized spacial score (nSPS) is 12.7. The minimum atomic E-state index is -5.27. The number of carbonyl (C=O) groups excluding carboxylic acids is 3. The average Bonchev–Trinajstić information content (AvgIpc) is 2.98. The van der Waals surface area contributed by atoms with Crippen LogP contribution in [0.15, 0.2) is 59.5 Å². The standard InChI is InChI=1S/C33H36F3N7O6/c1-31(2,3)48-22-13-7-18(8-14-22)15-23(28(46)49-32(4,5)6)40-26(44)19-9-11-21(12-10-19)43(29(47)33(34,35)36)17-20-16-38-25-24(39-20)27(45)42-30(37)41-25/h7-14,16,23H,15,17H2,1-6H3,(H,40,44)(H3,37,38,41,42,45)/t23-/m0/s1/i7+2,8+2,13+2,14+2,15+2,18+2,22+2,23+2,28+2. The Labute approximate surface area is 279 Å². The van der Waals surface area contributed by atoms with Gasteiger partial charge < -0.3 is 20.5 Å². The highest BCUT2D eigenvalue weighted by atomic mass is 19.4. The van der Waals surface area contributed by atoms with E-state index in [0.717, 1.165) is 18.3 Å². The van der Waals surface area contributed by atoms with Gasteiger partial charge in [-0.1, -0.05) is 12.1 Å². The number of aromatic amines is 1. The van der Waals surface area contributed by atoms with E-state index >= 15 is 0 Å². The van der Waals surface area contributed by atoms with E-state index in [1.807, 2.05) is 20.8 Å². The SMILES string of the molecule is CC(C)(C)O[14C](=O)[14C@H]([14CH2][14c]1[14cH][14cH][14c](OC(C)(C)C)[14cH][14cH]1)NC(=O)c1ccc(N(Cc2cnc3nc(N)[nH]c(=O)c3n2)C(=O)C(F)(F)F)cc1. The number of rotatable bonds is 9. The summed E-state index contributed by atoms with van der Waals surface area (Å²) in [6.45, 7) is 10.1. The van der Waals surface area contributed by atoms with Gasteiger partial charge in [-0.15, -0.1) is 0 Å². The van der Waals surface area contributed by atoms with Crippen LogP contribution in [0.25, 0.3) is 11.2 Å². The van der Waals surface area contributed by atoms with E-state index in [9.17, 15) is 32.3 Å². The van der Waals surface area contributed by atoms with Gasteiger partial charge in [-0.3, -0.25) is 24.3 Å². The smallest absolute Gasteiger partial charge is 0.471 e. The Hall–Kier alpha value is -5.54. The Kier molecular flexibility index (Phi) is 10.3. The predicted molar refractivity (Wildman–Crippen MR) is 174 cm³/mol. The number of hydrogen-bond acceptors (Lipinski definition) is 10. The molecule has 0 aliphatic rings. The van der Waals surface area contributed by atoms with E-state index in [1.165, 1.54) is 12.1 Å². The van der Waals surface area contributed by atoms with Crippen LogP contribution in [0.2, 0.25) is 0 Å². The summed E-state index contributed by atoms with van der Waals surface area (Å²) in [6.07, 6.45) is -4.14. The van der Waals surface area contributed by atoms with Crippen molar-refractivity contribution in [2.24, 2.45) is 0 Å². The summed E-state index contributed by atoms with van der Waals surface area (Å²) in [7, 11) is 0. The molecule has 0 fully saturated rings. The lowest BCUT2D eigenvalue weighted by molar-refractivity contribution is -0.170. The Morgan fingerprint density at radius 3 is 2.27 bits per heavy atom. The fourth-order valence-corrected chi connectivity index (χ4v) is 4.53. The van der Waals surface area contributed by atoms with Crippen LogP contribution in [-0.4, -0.2) is 61.1 Å². The average molecular weight is 702 g/mol. The summed E-state index contributed by atoms with van der Waals surface area (Å²) < 4.78 is 52.3. The first kappa shape index (κ1) is 36.3. The third kappa shape index (κ3) is 9.98. The summed E-state index contributed by atoms with van der Waals surface area (Å²) in [5, 5.41) is 2.65. The molecular weight excluding hydrogens is 665 g/mol. The molecule has 2 aromatic carbocycles. The van der Waals surface area contributed by atoms with Crippen molar-refractivity contribution in [2.75, 3.05) is 10.6 Å². The molecule has 16 heteroatoms. The maximum Gasteiger partial charge on any atom is 0.471 e. The van der Waals surface area contributed by atoms with Crippen molar-refractivity contribution in [3.8, 4) is 5.75 Å². The van der Waals surface area contributed by atoms with Gasteiger partial charge in [0, 0.05) is 17.7 Å².